The zero-order valence-corrected chi connectivity index (χ0v) is 12.7. The molecule has 2 saturated heterocycles. The van der Waals surface area contributed by atoms with Crippen molar-refractivity contribution in [2.45, 2.75) is 50.5 Å². The van der Waals surface area contributed by atoms with Crippen molar-refractivity contribution in [2.24, 2.45) is 0 Å². The average Bonchev–Trinajstić information content (AvgIpc) is 2.92. The number of aryl methyl sites for hydroxylation is 1. The van der Waals surface area contributed by atoms with E-state index in [2.05, 4.69) is 29.2 Å². The summed E-state index contributed by atoms with van der Waals surface area (Å²) < 4.78 is 5.95. The maximum absolute atomic E-state index is 12.3. The van der Waals surface area contributed by atoms with Gasteiger partial charge in [-0.15, -0.1) is 0 Å². The largest absolute Gasteiger partial charge is 0.375 e. The summed E-state index contributed by atoms with van der Waals surface area (Å²) in [6.45, 7) is 2.62. The van der Waals surface area contributed by atoms with Gasteiger partial charge in [0.15, 0.2) is 0 Å². The zero-order chi connectivity index (χ0) is 14.5. The van der Waals surface area contributed by atoms with Crippen LogP contribution in [0, 0.1) is 0 Å². The van der Waals surface area contributed by atoms with Gasteiger partial charge < -0.3 is 9.64 Å². The van der Waals surface area contributed by atoms with Crippen LogP contribution in [-0.4, -0.2) is 36.1 Å². The number of ether oxygens (including phenoxy) is 1. The fourth-order valence-corrected chi connectivity index (χ4v) is 3.59. The third kappa shape index (κ3) is 3.65. The second-order valence-corrected chi connectivity index (χ2v) is 6.35. The Labute approximate surface area is 127 Å². The van der Waals surface area contributed by atoms with E-state index in [9.17, 15) is 4.79 Å². The predicted molar refractivity (Wildman–Crippen MR) is 83.1 cm³/mol. The quantitative estimate of drug-likeness (QED) is 0.851. The standard InChI is InChI=1S/C18H25NO2/c20-17-9-11-18(10-5-15-21-18)12-14-19(17)13-4-8-16-6-2-1-3-7-16/h1-3,6-7H,4-5,8-15H2. The fourth-order valence-electron chi connectivity index (χ4n) is 3.59. The third-order valence-electron chi connectivity index (χ3n) is 4.91. The van der Waals surface area contributed by atoms with Crippen molar-refractivity contribution in [1.82, 2.24) is 4.90 Å². The topological polar surface area (TPSA) is 29.5 Å². The molecule has 0 aliphatic carbocycles. The smallest absolute Gasteiger partial charge is 0.222 e. The van der Waals surface area contributed by atoms with Gasteiger partial charge >= 0.3 is 0 Å². The normalized spacial score (nSPS) is 26.3. The number of benzene rings is 1. The first kappa shape index (κ1) is 14.6. The lowest BCUT2D eigenvalue weighted by molar-refractivity contribution is -0.130. The lowest BCUT2D eigenvalue weighted by atomic mass is 9.92. The molecule has 1 amide bonds. The summed E-state index contributed by atoms with van der Waals surface area (Å²) in [6.07, 6.45) is 6.98. The number of likely N-dealkylation sites (tertiary alicyclic amines) is 1. The van der Waals surface area contributed by atoms with Crippen LogP contribution in [0.4, 0.5) is 0 Å². The molecule has 0 aromatic heterocycles. The summed E-state index contributed by atoms with van der Waals surface area (Å²) in [5.41, 5.74) is 1.37. The molecule has 1 unspecified atom stereocenters. The molecule has 114 valence electrons. The van der Waals surface area contributed by atoms with E-state index in [-0.39, 0.29) is 5.60 Å². The second-order valence-electron chi connectivity index (χ2n) is 6.35. The lowest BCUT2D eigenvalue weighted by Gasteiger charge is -2.26. The van der Waals surface area contributed by atoms with Crippen molar-refractivity contribution in [1.29, 1.82) is 0 Å². The van der Waals surface area contributed by atoms with Crippen LogP contribution in [0.3, 0.4) is 0 Å². The highest BCUT2D eigenvalue weighted by Crippen LogP contribution is 2.35. The van der Waals surface area contributed by atoms with Crippen LogP contribution < -0.4 is 0 Å². The molecule has 2 aliphatic rings. The van der Waals surface area contributed by atoms with Crippen molar-refractivity contribution < 1.29 is 9.53 Å². The maximum atomic E-state index is 12.3. The summed E-state index contributed by atoms with van der Waals surface area (Å²) in [5, 5.41) is 0. The van der Waals surface area contributed by atoms with Gasteiger partial charge in [-0.3, -0.25) is 4.79 Å². The van der Waals surface area contributed by atoms with Crippen molar-refractivity contribution in [3.8, 4) is 0 Å². The number of hydrogen-bond donors (Lipinski definition) is 0. The molecule has 0 N–H and O–H groups in total. The molecule has 2 aliphatic heterocycles. The first-order valence-corrected chi connectivity index (χ1v) is 8.23. The summed E-state index contributed by atoms with van der Waals surface area (Å²) in [7, 11) is 0. The number of amides is 1. The average molecular weight is 287 g/mol. The van der Waals surface area contributed by atoms with Crippen LogP contribution in [0.2, 0.25) is 0 Å². The Bertz CT molecular complexity index is 465. The van der Waals surface area contributed by atoms with Crippen molar-refractivity contribution in [3.63, 3.8) is 0 Å². The molecule has 1 aromatic carbocycles. The minimum atomic E-state index is 0.0177. The highest BCUT2D eigenvalue weighted by Gasteiger charge is 2.38. The molecule has 2 fully saturated rings. The SMILES string of the molecule is O=C1CCC2(CCCO2)CCN1CCCc1ccccc1. The molecular weight excluding hydrogens is 262 g/mol. The first-order chi connectivity index (χ1) is 10.3. The molecule has 1 spiro atoms. The number of carbonyl (C=O) groups excluding carboxylic acids is 1. The Morgan fingerprint density at radius 3 is 2.76 bits per heavy atom. The van der Waals surface area contributed by atoms with Crippen LogP contribution in [0.25, 0.3) is 0 Å². The first-order valence-electron chi connectivity index (χ1n) is 8.23. The minimum Gasteiger partial charge on any atom is -0.375 e. The highest BCUT2D eigenvalue weighted by atomic mass is 16.5. The van der Waals surface area contributed by atoms with E-state index in [4.69, 9.17) is 4.74 Å². The summed E-state index contributed by atoms with van der Waals surface area (Å²) >= 11 is 0. The maximum Gasteiger partial charge on any atom is 0.222 e. The van der Waals surface area contributed by atoms with E-state index < -0.39 is 0 Å². The molecule has 3 nitrogen and oxygen atoms in total. The Balaban J connectivity index is 1.50. The molecule has 1 atom stereocenters. The highest BCUT2D eigenvalue weighted by molar-refractivity contribution is 5.76. The number of nitrogens with zero attached hydrogens (tertiary/aromatic N) is 1. The molecule has 21 heavy (non-hydrogen) atoms. The zero-order valence-electron chi connectivity index (χ0n) is 12.7. The predicted octanol–water partition coefficient (Wildman–Crippen LogP) is 3.18. The van der Waals surface area contributed by atoms with Crippen LogP contribution in [0.1, 0.15) is 44.1 Å². The molecule has 2 heterocycles. The third-order valence-corrected chi connectivity index (χ3v) is 4.91. The van der Waals surface area contributed by atoms with Gasteiger partial charge in [-0.05, 0) is 44.1 Å². The van der Waals surface area contributed by atoms with Crippen molar-refractivity contribution in [3.05, 3.63) is 35.9 Å². The number of rotatable bonds is 4. The van der Waals surface area contributed by atoms with E-state index >= 15 is 0 Å². The fraction of sp³-hybridized carbons (Fsp3) is 0.611. The molecule has 0 bridgehead atoms. The number of carbonyl (C=O) groups is 1. The monoisotopic (exact) mass is 287 g/mol. The lowest BCUT2D eigenvalue weighted by Crippen LogP contribution is -2.33. The van der Waals surface area contributed by atoms with Gasteiger partial charge in [-0.1, -0.05) is 30.3 Å². The summed E-state index contributed by atoms with van der Waals surface area (Å²) in [4.78, 5) is 14.3. The molecule has 0 saturated carbocycles. The minimum absolute atomic E-state index is 0.0177. The van der Waals surface area contributed by atoms with Gasteiger partial charge in [-0.2, -0.15) is 0 Å². The molecule has 1 aromatic rings. The van der Waals surface area contributed by atoms with Gasteiger partial charge in [-0.25, -0.2) is 0 Å². The Hall–Kier alpha value is -1.35. The molecule has 3 rings (SSSR count). The summed E-state index contributed by atoms with van der Waals surface area (Å²) in [6, 6.07) is 10.5. The van der Waals surface area contributed by atoms with Crippen LogP contribution in [-0.2, 0) is 16.0 Å². The van der Waals surface area contributed by atoms with Gasteiger partial charge in [0.1, 0.15) is 0 Å². The summed E-state index contributed by atoms with van der Waals surface area (Å²) in [5.74, 6) is 0.315. The number of hydrogen-bond acceptors (Lipinski definition) is 2. The van der Waals surface area contributed by atoms with Gasteiger partial charge in [0.25, 0.3) is 0 Å². The van der Waals surface area contributed by atoms with Gasteiger partial charge in [0.05, 0.1) is 5.60 Å². The van der Waals surface area contributed by atoms with Crippen LogP contribution in [0.15, 0.2) is 30.3 Å². The Morgan fingerprint density at radius 2 is 2.00 bits per heavy atom. The van der Waals surface area contributed by atoms with E-state index in [1.165, 1.54) is 5.56 Å². The van der Waals surface area contributed by atoms with Gasteiger partial charge in [0, 0.05) is 26.1 Å². The van der Waals surface area contributed by atoms with E-state index in [1.807, 2.05) is 6.07 Å². The Kier molecular flexibility index (Phi) is 4.59. The second kappa shape index (κ2) is 6.61. The van der Waals surface area contributed by atoms with Gasteiger partial charge in [0.2, 0.25) is 5.91 Å². The molecule has 0 radical (unpaired) electrons. The Morgan fingerprint density at radius 1 is 1.14 bits per heavy atom. The van der Waals surface area contributed by atoms with E-state index in [0.717, 1.165) is 58.2 Å². The van der Waals surface area contributed by atoms with Crippen LogP contribution >= 0.6 is 0 Å². The van der Waals surface area contributed by atoms with Crippen molar-refractivity contribution >= 4 is 5.91 Å². The molecular formula is C18H25NO2. The van der Waals surface area contributed by atoms with Crippen molar-refractivity contribution in [2.75, 3.05) is 19.7 Å². The van der Waals surface area contributed by atoms with Crippen LogP contribution in [0.5, 0.6) is 0 Å². The molecule has 3 heteroatoms. The van der Waals surface area contributed by atoms with E-state index in [1.54, 1.807) is 0 Å². The van der Waals surface area contributed by atoms with E-state index in [0.29, 0.717) is 12.3 Å².